The Kier molecular flexibility index (Phi) is 4.71. The van der Waals surface area contributed by atoms with Gasteiger partial charge in [0, 0.05) is 38.2 Å². The molecule has 0 unspecified atom stereocenters. The van der Waals surface area contributed by atoms with Gasteiger partial charge in [-0.15, -0.1) is 6.58 Å². The molecular formula is C14H20N2O. The number of hydrogen-bond acceptors (Lipinski definition) is 3. The van der Waals surface area contributed by atoms with Crippen molar-refractivity contribution in [2.75, 3.05) is 19.8 Å². The minimum absolute atomic E-state index is 0.366. The third kappa shape index (κ3) is 3.38. The van der Waals surface area contributed by atoms with Crippen molar-refractivity contribution < 1.29 is 4.74 Å². The van der Waals surface area contributed by atoms with E-state index in [0.717, 1.165) is 32.6 Å². The zero-order valence-corrected chi connectivity index (χ0v) is 10.1. The van der Waals surface area contributed by atoms with Gasteiger partial charge in [-0.2, -0.15) is 0 Å². The summed E-state index contributed by atoms with van der Waals surface area (Å²) < 4.78 is 5.43. The lowest BCUT2D eigenvalue weighted by Crippen LogP contribution is -2.32. The standard InChI is InChI=1S/C14H20N2O/c1-2-7-16-14(12-5-9-17-10-6-12)13-4-3-8-15-11-13/h2-4,8,11-12,14,16H,1,5-7,9-10H2/t14-/m0/s1. The summed E-state index contributed by atoms with van der Waals surface area (Å²) in [5.41, 5.74) is 1.27. The van der Waals surface area contributed by atoms with E-state index in [1.54, 1.807) is 0 Å². The number of nitrogens with one attached hydrogen (secondary N) is 1. The first kappa shape index (κ1) is 12.3. The van der Waals surface area contributed by atoms with Crippen LogP contribution in [0.1, 0.15) is 24.4 Å². The van der Waals surface area contributed by atoms with E-state index < -0.39 is 0 Å². The Morgan fingerprint density at radius 3 is 3.00 bits per heavy atom. The van der Waals surface area contributed by atoms with Crippen molar-refractivity contribution in [1.29, 1.82) is 0 Å². The van der Waals surface area contributed by atoms with Crippen molar-refractivity contribution in [3.8, 4) is 0 Å². The zero-order valence-electron chi connectivity index (χ0n) is 10.1. The Hall–Kier alpha value is -1.19. The van der Waals surface area contributed by atoms with Gasteiger partial charge in [0.2, 0.25) is 0 Å². The largest absolute Gasteiger partial charge is 0.381 e. The summed E-state index contributed by atoms with van der Waals surface area (Å²) in [6.45, 7) is 6.34. The number of nitrogens with zero attached hydrogens (tertiary/aromatic N) is 1. The van der Waals surface area contributed by atoms with Crippen molar-refractivity contribution >= 4 is 0 Å². The lowest BCUT2D eigenvalue weighted by Gasteiger charge is -2.31. The highest BCUT2D eigenvalue weighted by Gasteiger charge is 2.24. The SMILES string of the molecule is C=CCN[C@H](c1cccnc1)C1CCOCC1. The molecule has 1 atom stereocenters. The van der Waals surface area contributed by atoms with E-state index in [4.69, 9.17) is 4.74 Å². The molecule has 1 aromatic heterocycles. The van der Waals surface area contributed by atoms with Gasteiger partial charge in [-0.1, -0.05) is 12.1 Å². The van der Waals surface area contributed by atoms with Crippen LogP contribution < -0.4 is 5.32 Å². The normalized spacial score (nSPS) is 18.8. The van der Waals surface area contributed by atoms with Crippen LogP contribution in [0.4, 0.5) is 0 Å². The maximum atomic E-state index is 5.43. The maximum absolute atomic E-state index is 5.43. The number of ether oxygens (including phenoxy) is 1. The second-order valence-electron chi connectivity index (χ2n) is 4.41. The summed E-state index contributed by atoms with van der Waals surface area (Å²) in [5, 5.41) is 3.54. The van der Waals surface area contributed by atoms with Gasteiger partial charge in [-0.3, -0.25) is 4.98 Å². The molecule has 0 aromatic carbocycles. The molecule has 0 radical (unpaired) electrons. The molecule has 92 valence electrons. The van der Waals surface area contributed by atoms with E-state index in [1.807, 2.05) is 24.5 Å². The lowest BCUT2D eigenvalue weighted by atomic mass is 9.88. The molecule has 2 rings (SSSR count). The van der Waals surface area contributed by atoms with Crippen LogP contribution in [0.3, 0.4) is 0 Å². The van der Waals surface area contributed by atoms with E-state index in [0.29, 0.717) is 12.0 Å². The molecule has 1 saturated heterocycles. The van der Waals surface area contributed by atoms with E-state index >= 15 is 0 Å². The highest BCUT2D eigenvalue weighted by molar-refractivity contribution is 5.15. The molecule has 0 bridgehead atoms. The predicted octanol–water partition coefficient (Wildman–Crippen LogP) is 2.32. The monoisotopic (exact) mass is 232 g/mol. The first-order valence-corrected chi connectivity index (χ1v) is 6.23. The molecule has 1 aliphatic heterocycles. The van der Waals surface area contributed by atoms with Gasteiger partial charge in [0.25, 0.3) is 0 Å². The number of hydrogen-bond donors (Lipinski definition) is 1. The number of pyridine rings is 1. The fourth-order valence-electron chi connectivity index (χ4n) is 2.38. The minimum Gasteiger partial charge on any atom is -0.381 e. The summed E-state index contributed by atoms with van der Waals surface area (Å²) in [7, 11) is 0. The van der Waals surface area contributed by atoms with Gasteiger partial charge >= 0.3 is 0 Å². The maximum Gasteiger partial charge on any atom is 0.0469 e. The number of aromatic nitrogens is 1. The summed E-state index contributed by atoms with van der Waals surface area (Å²) in [6, 6.07) is 4.51. The Labute approximate surface area is 103 Å². The molecule has 1 aromatic rings. The van der Waals surface area contributed by atoms with Crippen molar-refractivity contribution in [2.24, 2.45) is 5.92 Å². The molecule has 0 aliphatic carbocycles. The predicted molar refractivity (Wildman–Crippen MR) is 68.7 cm³/mol. The summed E-state index contributed by atoms with van der Waals surface area (Å²) in [6.07, 6.45) is 7.91. The molecule has 17 heavy (non-hydrogen) atoms. The molecule has 0 amide bonds. The lowest BCUT2D eigenvalue weighted by molar-refractivity contribution is 0.0540. The van der Waals surface area contributed by atoms with Crippen molar-refractivity contribution in [2.45, 2.75) is 18.9 Å². The fourth-order valence-corrected chi connectivity index (χ4v) is 2.38. The van der Waals surface area contributed by atoms with Crippen LogP contribution in [0.15, 0.2) is 37.2 Å². The van der Waals surface area contributed by atoms with Crippen LogP contribution in [-0.4, -0.2) is 24.7 Å². The van der Waals surface area contributed by atoms with Crippen molar-refractivity contribution in [3.63, 3.8) is 0 Å². The molecule has 1 N–H and O–H groups in total. The van der Waals surface area contributed by atoms with E-state index in [-0.39, 0.29) is 0 Å². The van der Waals surface area contributed by atoms with Crippen LogP contribution in [-0.2, 0) is 4.74 Å². The first-order valence-electron chi connectivity index (χ1n) is 6.23. The Morgan fingerprint density at radius 1 is 1.53 bits per heavy atom. The van der Waals surface area contributed by atoms with E-state index in [9.17, 15) is 0 Å². The third-order valence-corrected chi connectivity index (χ3v) is 3.26. The molecule has 1 aliphatic rings. The zero-order chi connectivity index (χ0) is 11.9. The van der Waals surface area contributed by atoms with E-state index in [2.05, 4.69) is 22.9 Å². The van der Waals surface area contributed by atoms with Crippen molar-refractivity contribution in [3.05, 3.63) is 42.7 Å². The van der Waals surface area contributed by atoms with Crippen LogP contribution >= 0.6 is 0 Å². The van der Waals surface area contributed by atoms with Gasteiger partial charge < -0.3 is 10.1 Å². The third-order valence-electron chi connectivity index (χ3n) is 3.26. The van der Waals surface area contributed by atoms with Gasteiger partial charge in [0.05, 0.1) is 0 Å². The second kappa shape index (κ2) is 6.52. The molecule has 0 saturated carbocycles. The van der Waals surface area contributed by atoms with Crippen LogP contribution in [0.2, 0.25) is 0 Å². The highest BCUT2D eigenvalue weighted by Crippen LogP contribution is 2.29. The Morgan fingerprint density at radius 2 is 2.35 bits per heavy atom. The van der Waals surface area contributed by atoms with Crippen LogP contribution in [0.25, 0.3) is 0 Å². The average Bonchev–Trinajstić information content (AvgIpc) is 2.42. The molecule has 3 heteroatoms. The van der Waals surface area contributed by atoms with Crippen molar-refractivity contribution in [1.82, 2.24) is 10.3 Å². The van der Waals surface area contributed by atoms with Crippen LogP contribution in [0.5, 0.6) is 0 Å². The fraction of sp³-hybridized carbons (Fsp3) is 0.500. The molecular weight excluding hydrogens is 212 g/mol. The van der Waals surface area contributed by atoms with Gasteiger partial charge in [-0.25, -0.2) is 0 Å². The summed E-state index contributed by atoms with van der Waals surface area (Å²) in [5.74, 6) is 0.632. The van der Waals surface area contributed by atoms with Gasteiger partial charge in [-0.05, 0) is 30.4 Å². The number of rotatable bonds is 5. The topological polar surface area (TPSA) is 34.2 Å². The average molecular weight is 232 g/mol. The quantitative estimate of drug-likeness (QED) is 0.791. The van der Waals surface area contributed by atoms with Gasteiger partial charge in [0.15, 0.2) is 0 Å². The van der Waals surface area contributed by atoms with E-state index in [1.165, 1.54) is 5.56 Å². The van der Waals surface area contributed by atoms with Crippen LogP contribution in [0, 0.1) is 5.92 Å². The highest BCUT2D eigenvalue weighted by atomic mass is 16.5. The minimum atomic E-state index is 0.366. The second-order valence-corrected chi connectivity index (χ2v) is 4.41. The smallest absolute Gasteiger partial charge is 0.0469 e. The Balaban J connectivity index is 2.09. The first-order chi connectivity index (χ1) is 8.42. The molecule has 1 fully saturated rings. The summed E-state index contributed by atoms with van der Waals surface area (Å²) >= 11 is 0. The van der Waals surface area contributed by atoms with Gasteiger partial charge in [0.1, 0.15) is 0 Å². The molecule has 3 nitrogen and oxygen atoms in total. The molecule has 2 heterocycles. The molecule has 0 spiro atoms. The summed E-state index contributed by atoms with van der Waals surface area (Å²) in [4.78, 5) is 4.21. The Bertz CT molecular complexity index is 333.